The zero-order valence-electron chi connectivity index (χ0n) is 21.0. The van der Waals surface area contributed by atoms with E-state index in [1.165, 1.54) is 0 Å². The van der Waals surface area contributed by atoms with Gasteiger partial charge in [0, 0.05) is 36.6 Å². The van der Waals surface area contributed by atoms with E-state index in [0.29, 0.717) is 35.7 Å². The normalized spacial score (nSPS) is 21.3. The molecule has 2 fully saturated rings. The van der Waals surface area contributed by atoms with Crippen LogP contribution < -0.4 is 5.32 Å². The molecule has 0 radical (unpaired) electrons. The number of ether oxygens (including phenoxy) is 1. The number of hydrogen-bond acceptors (Lipinski definition) is 7. The van der Waals surface area contributed by atoms with Crippen LogP contribution in [-0.4, -0.2) is 63.6 Å². The number of aliphatic hydroxyl groups excluding tert-OH is 1. The number of hydrogen-bond donors (Lipinski definition) is 3. The lowest BCUT2D eigenvalue weighted by Crippen LogP contribution is -2.35. The number of fused-ring (bicyclic) bond motifs is 1. The van der Waals surface area contributed by atoms with Crippen LogP contribution in [0.2, 0.25) is 5.02 Å². The predicted octanol–water partition coefficient (Wildman–Crippen LogP) is 4.02. The number of aliphatic hydroxyl groups is 1. The number of benzene rings is 2. The van der Waals surface area contributed by atoms with Crippen LogP contribution in [0.3, 0.4) is 0 Å². The van der Waals surface area contributed by atoms with Crippen molar-refractivity contribution in [1.29, 1.82) is 0 Å². The van der Waals surface area contributed by atoms with Crippen molar-refractivity contribution < 1.29 is 19.7 Å². The molecule has 3 aromatic rings. The largest absolute Gasteiger partial charge is 0.505 e. The number of carbonyl (C=O) groups is 1. The molecule has 1 aliphatic heterocycles. The molecule has 2 aliphatic rings. The van der Waals surface area contributed by atoms with Crippen molar-refractivity contribution in [2.45, 2.75) is 51.3 Å². The molecule has 1 saturated heterocycles. The monoisotopic (exact) mass is 524 g/mol. The van der Waals surface area contributed by atoms with Gasteiger partial charge in [-0.2, -0.15) is 0 Å². The van der Waals surface area contributed by atoms with Gasteiger partial charge in [-0.15, -0.1) is 10.2 Å². The number of aromatic hydroxyl groups is 1. The highest BCUT2D eigenvalue weighted by Crippen LogP contribution is 2.41. The van der Waals surface area contributed by atoms with E-state index in [1.54, 1.807) is 12.1 Å². The van der Waals surface area contributed by atoms with Gasteiger partial charge in [-0.05, 0) is 59.6 Å². The van der Waals surface area contributed by atoms with Crippen molar-refractivity contribution in [3.63, 3.8) is 0 Å². The van der Waals surface area contributed by atoms with Crippen LogP contribution >= 0.6 is 11.6 Å². The van der Waals surface area contributed by atoms with Crippen LogP contribution in [0.5, 0.6) is 5.75 Å². The first-order valence-corrected chi connectivity index (χ1v) is 13.3. The average molecular weight is 525 g/mol. The second kappa shape index (κ2) is 11.3. The Morgan fingerprint density at radius 2 is 1.92 bits per heavy atom. The maximum absolute atomic E-state index is 13.0. The van der Waals surface area contributed by atoms with Crippen LogP contribution in [0, 0.1) is 5.92 Å². The highest BCUT2D eigenvalue weighted by molar-refractivity contribution is 6.30. The third kappa shape index (κ3) is 5.72. The fourth-order valence-corrected chi connectivity index (χ4v) is 5.67. The Kier molecular flexibility index (Phi) is 7.90. The summed E-state index contributed by atoms with van der Waals surface area (Å²) in [5, 5.41) is 34.4. The van der Waals surface area contributed by atoms with Crippen molar-refractivity contribution in [1.82, 2.24) is 20.4 Å². The van der Waals surface area contributed by atoms with E-state index >= 15 is 0 Å². The first-order chi connectivity index (χ1) is 17.9. The third-order valence-corrected chi connectivity index (χ3v) is 7.94. The number of nitrogens with one attached hydrogen (secondary N) is 1. The molecule has 0 bridgehead atoms. The smallest absolute Gasteiger partial charge is 0.275 e. The summed E-state index contributed by atoms with van der Waals surface area (Å²) < 4.78 is 5.49. The van der Waals surface area contributed by atoms with Crippen LogP contribution in [0.15, 0.2) is 36.4 Å². The van der Waals surface area contributed by atoms with Gasteiger partial charge in [0.15, 0.2) is 11.4 Å². The zero-order valence-corrected chi connectivity index (χ0v) is 21.7. The zero-order chi connectivity index (χ0) is 25.9. The molecule has 196 valence electrons. The van der Waals surface area contributed by atoms with Crippen molar-refractivity contribution in [3.8, 4) is 5.75 Å². The summed E-state index contributed by atoms with van der Waals surface area (Å²) in [4.78, 5) is 15.3. The molecule has 1 saturated carbocycles. The molecule has 9 heteroatoms. The lowest BCUT2D eigenvalue weighted by atomic mass is 9.83. The van der Waals surface area contributed by atoms with E-state index in [1.807, 2.05) is 18.2 Å². The van der Waals surface area contributed by atoms with E-state index < -0.39 is 5.91 Å². The van der Waals surface area contributed by atoms with Gasteiger partial charge in [-0.1, -0.05) is 43.1 Å². The van der Waals surface area contributed by atoms with E-state index in [2.05, 4.69) is 33.4 Å². The Bertz CT molecular complexity index is 1260. The molecule has 2 aromatic carbocycles. The molecule has 0 spiro atoms. The Hall–Kier alpha value is -2.78. The highest BCUT2D eigenvalue weighted by atomic mass is 35.5. The topological polar surface area (TPSA) is 108 Å². The Balaban J connectivity index is 1.48. The van der Waals surface area contributed by atoms with Gasteiger partial charge in [0.05, 0.1) is 19.3 Å². The highest BCUT2D eigenvalue weighted by Gasteiger charge is 2.33. The van der Waals surface area contributed by atoms with E-state index in [4.69, 9.17) is 16.3 Å². The van der Waals surface area contributed by atoms with Gasteiger partial charge in [0.25, 0.3) is 5.91 Å². The third-order valence-electron chi connectivity index (χ3n) is 7.68. The van der Waals surface area contributed by atoms with Gasteiger partial charge in [-0.25, -0.2) is 0 Å². The molecule has 37 heavy (non-hydrogen) atoms. The van der Waals surface area contributed by atoms with E-state index in [-0.39, 0.29) is 35.9 Å². The molecule has 2 heterocycles. The maximum atomic E-state index is 13.0. The van der Waals surface area contributed by atoms with Crippen LogP contribution in [-0.2, 0) is 17.8 Å². The SMILES string of the molecule is CC(c1cc(CN2CCOCC2)cc2c(O)c(C(=O)NCc3ccc(Cl)cc3)nnc12)[C@H]1CCC[C@@H]1O. The molecule has 3 atom stereocenters. The first-order valence-electron chi connectivity index (χ1n) is 12.9. The maximum Gasteiger partial charge on any atom is 0.275 e. The van der Waals surface area contributed by atoms with Crippen LogP contribution in [0.4, 0.5) is 0 Å². The molecule has 1 aliphatic carbocycles. The average Bonchev–Trinajstić information content (AvgIpc) is 3.34. The van der Waals surface area contributed by atoms with Crippen molar-refractivity contribution >= 4 is 28.4 Å². The number of nitrogens with zero attached hydrogens (tertiary/aromatic N) is 3. The molecule has 1 aromatic heterocycles. The summed E-state index contributed by atoms with van der Waals surface area (Å²) >= 11 is 5.94. The summed E-state index contributed by atoms with van der Waals surface area (Å²) in [6, 6.07) is 11.2. The lowest BCUT2D eigenvalue weighted by molar-refractivity contribution is 0.0342. The summed E-state index contributed by atoms with van der Waals surface area (Å²) in [7, 11) is 0. The Morgan fingerprint density at radius 1 is 1.16 bits per heavy atom. The summed E-state index contributed by atoms with van der Waals surface area (Å²) in [6.07, 6.45) is 2.39. The first kappa shape index (κ1) is 25.9. The van der Waals surface area contributed by atoms with Crippen molar-refractivity contribution in [2.24, 2.45) is 5.92 Å². The second-order valence-corrected chi connectivity index (χ2v) is 10.6. The number of carbonyl (C=O) groups excluding carboxylic acids is 1. The molecule has 1 amide bonds. The van der Waals surface area contributed by atoms with Gasteiger partial charge < -0.3 is 20.3 Å². The van der Waals surface area contributed by atoms with Gasteiger partial charge in [-0.3, -0.25) is 9.69 Å². The van der Waals surface area contributed by atoms with Crippen molar-refractivity contribution in [2.75, 3.05) is 26.3 Å². The van der Waals surface area contributed by atoms with Gasteiger partial charge in [0.2, 0.25) is 0 Å². The molecule has 1 unspecified atom stereocenters. The molecule has 5 rings (SSSR count). The van der Waals surface area contributed by atoms with Gasteiger partial charge in [0.1, 0.15) is 5.52 Å². The molecule has 8 nitrogen and oxygen atoms in total. The number of rotatable bonds is 7. The molecular formula is C28H33ClN4O4. The predicted molar refractivity (Wildman–Crippen MR) is 142 cm³/mol. The van der Waals surface area contributed by atoms with Crippen LogP contribution in [0.1, 0.15) is 59.3 Å². The number of halogens is 1. The fourth-order valence-electron chi connectivity index (χ4n) is 5.55. The summed E-state index contributed by atoms with van der Waals surface area (Å²) in [5.41, 5.74) is 3.32. The minimum atomic E-state index is -0.499. The Morgan fingerprint density at radius 3 is 2.62 bits per heavy atom. The number of morpholine rings is 1. The summed E-state index contributed by atoms with van der Waals surface area (Å²) in [5.74, 6) is -0.528. The summed E-state index contributed by atoms with van der Waals surface area (Å²) in [6.45, 7) is 6.14. The number of amides is 1. The minimum Gasteiger partial charge on any atom is -0.505 e. The minimum absolute atomic E-state index is 0.0305. The number of aromatic nitrogens is 2. The van der Waals surface area contributed by atoms with Crippen molar-refractivity contribution in [3.05, 3.63) is 63.8 Å². The second-order valence-electron chi connectivity index (χ2n) is 10.1. The van der Waals surface area contributed by atoms with Gasteiger partial charge >= 0.3 is 0 Å². The quantitative estimate of drug-likeness (QED) is 0.428. The molecular weight excluding hydrogens is 492 g/mol. The fraction of sp³-hybridized carbons (Fsp3) is 0.464. The van der Waals surface area contributed by atoms with Crippen LogP contribution in [0.25, 0.3) is 10.9 Å². The Labute approximate surface area is 221 Å². The standard InChI is InChI=1S/C28H33ClN4O4/c1-17(21-3-2-4-24(21)34)22-13-19(16-33-9-11-37-12-10-33)14-23-25(22)31-32-26(27(23)35)28(36)30-15-18-5-7-20(29)8-6-18/h5-8,13-14,17,21,24,34H,2-4,9-12,15-16H2,1H3,(H,30,36)(H,31,35)/t17?,21-,24+/m1/s1. The van der Waals surface area contributed by atoms with E-state index in [9.17, 15) is 15.0 Å². The van der Waals surface area contributed by atoms with E-state index in [0.717, 1.165) is 49.0 Å². The lowest BCUT2D eigenvalue weighted by Gasteiger charge is -2.28. The molecule has 3 N–H and O–H groups in total.